The summed E-state index contributed by atoms with van der Waals surface area (Å²) in [6.07, 6.45) is 3.62. The smallest absolute Gasteiger partial charge is 0.331 e. The topological polar surface area (TPSA) is 97.0 Å². The maximum Gasteiger partial charge on any atom is 0.331 e. The normalized spacial score (nSPS) is 10.7. The van der Waals surface area contributed by atoms with Crippen LogP contribution in [0.2, 0.25) is 0 Å². The van der Waals surface area contributed by atoms with Gasteiger partial charge in [0.05, 0.1) is 0 Å². The molecule has 0 saturated heterocycles. The van der Waals surface area contributed by atoms with Crippen molar-refractivity contribution in [2.24, 2.45) is 0 Å². The fourth-order valence-corrected chi connectivity index (χ4v) is 1.46. The van der Waals surface area contributed by atoms with Crippen LogP contribution in [0.1, 0.15) is 11.3 Å². The van der Waals surface area contributed by atoms with Crippen LogP contribution in [0.4, 0.5) is 0 Å². The number of hydrogen-bond acceptors (Lipinski definition) is 6. The van der Waals surface area contributed by atoms with Gasteiger partial charge in [-0.2, -0.15) is 0 Å². The highest BCUT2D eigenvalue weighted by Crippen LogP contribution is 2.11. The molecule has 108 valence electrons. The van der Waals surface area contributed by atoms with E-state index in [0.717, 1.165) is 17.9 Å². The molecule has 2 N–H and O–H groups in total. The molecular weight excluding hydrogens is 276 g/mol. The first-order valence-electron chi connectivity index (χ1n) is 5.99. The lowest BCUT2D eigenvalue weighted by Gasteiger charge is -2.01. The molecule has 1 aromatic heterocycles. The van der Waals surface area contributed by atoms with Gasteiger partial charge in [0.2, 0.25) is 5.43 Å². The quantitative estimate of drug-likeness (QED) is 0.658. The lowest BCUT2D eigenvalue weighted by atomic mass is 10.2. The maximum absolute atomic E-state index is 11.5. The highest BCUT2D eigenvalue weighted by Gasteiger charge is 2.04. The Morgan fingerprint density at radius 3 is 2.62 bits per heavy atom. The zero-order chi connectivity index (χ0) is 15.2. The molecule has 6 nitrogen and oxygen atoms in total. The number of ether oxygens (including phenoxy) is 1. The number of carbonyl (C=O) groups is 1. The number of rotatable bonds is 4. The summed E-state index contributed by atoms with van der Waals surface area (Å²) in [6, 6.07) is 7.31. The standard InChI is InChI=1S/C15H12O6/c16-11-4-1-10(2-5-11)3-6-15(19)21-8-12-7-13(17)14(18)9-20-12/h1-7,9,16,18H,8H2. The summed E-state index contributed by atoms with van der Waals surface area (Å²) < 4.78 is 9.77. The predicted molar refractivity (Wildman–Crippen MR) is 73.6 cm³/mol. The maximum atomic E-state index is 11.5. The summed E-state index contributed by atoms with van der Waals surface area (Å²) in [5.74, 6) is -0.850. The summed E-state index contributed by atoms with van der Waals surface area (Å²) in [6.45, 7) is -0.214. The van der Waals surface area contributed by atoms with E-state index in [4.69, 9.17) is 19.4 Å². The van der Waals surface area contributed by atoms with Crippen molar-refractivity contribution < 1.29 is 24.2 Å². The molecule has 1 heterocycles. The van der Waals surface area contributed by atoms with E-state index in [2.05, 4.69) is 0 Å². The van der Waals surface area contributed by atoms with Crippen molar-refractivity contribution in [1.82, 2.24) is 0 Å². The molecule has 1 aromatic carbocycles. The van der Waals surface area contributed by atoms with Gasteiger partial charge in [-0.1, -0.05) is 12.1 Å². The van der Waals surface area contributed by atoms with Gasteiger partial charge in [-0.15, -0.1) is 0 Å². The van der Waals surface area contributed by atoms with Crippen LogP contribution >= 0.6 is 0 Å². The molecule has 0 amide bonds. The Hall–Kier alpha value is -3.02. The van der Waals surface area contributed by atoms with Gasteiger partial charge in [-0.05, 0) is 23.8 Å². The van der Waals surface area contributed by atoms with Gasteiger partial charge in [-0.25, -0.2) is 4.79 Å². The van der Waals surface area contributed by atoms with Crippen molar-refractivity contribution in [3.63, 3.8) is 0 Å². The molecule has 2 aromatic rings. The van der Waals surface area contributed by atoms with Crippen molar-refractivity contribution >= 4 is 12.0 Å². The fraction of sp³-hybridized carbons (Fsp3) is 0.0667. The zero-order valence-corrected chi connectivity index (χ0v) is 10.9. The summed E-state index contributed by atoms with van der Waals surface area (Å²) in [4.78, 5) is 22.6. The number of hydrogen-bond donors (Lipinski definition) is 2. The van der Waals surface area contributed by atoms with Crippen LogP contribution in [-0.2, 0) is 16.1 Å². The van der Waals surface area contributed by atoms with Crippen LogP contribution in [-0.4, -0.2) is 16.2 Å². The monoisotopic (exact) mass is 288 g/mol. The van der Waals surface area contributed by atoms with Crippen LogP contribution in [0.25, 0.3) is 6.08 Å². The zero-order valence-electron chi connectivity index (χ0n) is 10.9. The molecule has 0 aliphatic heterocycles. The third-order valence-electron chi connectivity index (χ3n) is 2.53. The number of phenols is 1. The highest BCUT2D eigenvalue weighted by molar-refractivity contribution is 5.87. The number of aromatic hydroxyl groups is 2. The number of carbonyl (C=O) groups excluding carboxylic acids is 1. The highest BCUT2D eigenvalue weighted by atomic mass is 16.5. The van der Waals surface area contributed by atoms with E-state index in [0.29, 0.717) is 0 Å². The molecule has 0 saturated carbocycles. The second-order valence-electron chi connectivity index (χ2n) is 4.13. The molecule has 0 aliphatic carbocycles. The third kappa shape index (κ3) is 4.24. The van der Waals surface area contributed by atoms with E-state index in [9.17, 15) is 9.59 Å². The average molecular weight is 288 g/mol. The Morgan fingerprint density at radius 1 is 1.24 bits per heavy atom. The minimum Gasteiger partial charge on any atom is -0.508 e. The van der Waals surface area contributed by atoms with Crippen LogP contribution in [0, 0.1) is 0 Å². The molecule has 0 bridgehead atoms. The van der Waals surface area contributed by atoms with E-state index in [-0.39, 0.29) is 18.1 Å². The molecule has 0 aliphatic rings. The van der Waals surface area contributed by atoms with E-state index in [1.54, 1.807) is 12.1 Å². The average Bonchev–Trinajstić information content (AvgIpc) is 2.48. The van der Waals surface area contributed by atoms with Gasteiger partial charge in [0.25, 0.3) is 0 Å². The number of phenolic OH excluding ortho intramolecular Hbond substituents is 1. The van der Waals surface area contributed by atoms with Gasteiger partial charge in [-0.3, -0.25) is 4.79 Å². The van der Waals surface area contributed by atoms with Crippen molar-refractivity contribution in [1.29, 1.82) is 0 Å². The summed E-state index contributed by atoms with van der Waals surface area (Å²) in [7, 11) is 0. The Bertz CT molecular complexity index is 712. The first-order valence-corrected chi connectivity index (χ1v) is 5.99. The number of esters is 1. The van der Waals surface area contributed by atoms with E-state index in [1.165, 1.54) is 24.3 Å². The third-order valence-corrected chi connectivity index (χ3v) is 2.53. The molecule has 2 rings (SSSR count). The van der Waals surface area contributed by atoms with Crippen molar-refractivity contribution in [2.75, 3.05) is 0 Å². The lowest BCUT2D eigenvalue weighted by Crippen LogP contribution is -2.04. The molecular formula is C15H12O6. The Balaban J connectivity index is 1.91. The first-order chi connectivity index (χ1) is 10.0. The molecule has 0 radical (unpaired) electrons. The van der Waals surface area contributed by atoms with Gasteiger partial charge in [0.1, 0.15) is 24.4 Å². The largest absolute Gasteiger partial charge is 0.508 e. The second kappa shape index (κ2) is 6.42. The Labute approximate surface area is 119 Å². The van der Waals surface area contributed by atoms with Crippen molar-refractivity contribution in [2.45, 2.75) is 6.61 Å². The van der Waals surface area contributed by atoms with Gasteiger partial charge in [0.15, 0.2) is 5.75 Å². The van der Waals surface area contributed by atoms with Gasteiger partial charge in [0, 0.05) is 12.1 Å². The Morgan fingerprint density at radius 2 is 1.95 bits per heavy atom. The minimum atomic E-state index is -0.612. The first kappa shape index (κ1) is 14.4. The summed E-state index contributed by atoms with van der Waals surface area (Å²) >= 11 is 0. The van der Waals surface area contributed by atoms with Crippen LogP contribution in [0.3, 0.4) is 0 Å². The molecule has 6 heteroatoms. The molecule has 0 unspecified atom stereocenters. The van der Waals surface area contributed by atoms with Crippen molar-refractivity contribution in [3.8, 4) is 11.5 Å². The van der Waals surface area contributed by atoms with Crippen molar-refractivity contribution in [3.05, 3.63) is 64.2 Å². The van der Waals surface area contributed by atoms with Crippen LogP contribution in [0.15, 0.2) is 51.9 Å². The van der Waals surface area contributed by atoms with Gasteiger partial charge >= 0.3 is 5.97 Å². The molecule has 0 fully saturated rings. The minimum absolute atomic E-state index is 0.129. The van der Waals surface area contributed by atoms with E-state index < -0.39 is 17.1 Å². The van der Waals surface area contributed by atoms with E-state index in [1.807, 2.05) is 0 Å². The molecule has 0 spiro atoms. The van der Waals surface area contributed by atoms with Crippen LogP contribution in [0.5, 0.6) is 11.5 Å². The molecule has 0 atom stereocenters. The Kier molecular flexibility index (Phi) is 4.40. The lowest BCUT2D eigenvalue weighted by molar-refractivity contribution is -0.139. The van der Waals surface area contributed by atoms with Crippen LogP contribution < -0.4 is 5.43 Å². The number of benzene rings is 1. The van der Waals surface area contributed by atoms with Gasteiger partial charge < -0.3 is 19.4 Å². The fourth-order valence-electron chi connectivity index (χ4n) is 1.46. The predicted octanol–water partition coefficient (Wildman–Crippen LogP) is 1.81. The summed E-state index contributed by atoms with van der Waals surface area (Å²) in [5, 5.41) is 18.1. The molecule has 21 heavy (non-hydrogen) atoms. The van der Waals surface area contributed by atoms with E-state index >= 15 is 0 Å². The SMILES string of the molecule is O=C(C=Cc1ccc(O)cc1)OCc1cc(=O)c(O)co1. The second-order valence-corrected chi connectivity index (χ2v) is 4.13. The summed E-state index contributed by atoms with van der Waals surface area (Å²) in [5.41, 5.74) is 0.118.